The van der Waals surface area contributed by atoms with Gasteiger partial charge in [-0.1, -0.05) is 72.8 Å². The second-order valence-corrected chi connectivity index (χ2v) is 7.84. The zero-order valence-corrected chi connectivity index (χ0v) is 18.1. The van der Waals surface area contributed by atoms with Gasteiger partial charge in [0.25, 0.3) is 5.91 Å². The van der Waals surface area contributed by atoms with Gasteiger partial charge < -0.3 is 20.5 Å². The van der Waals surface area contributed by atoms with E-state index in [1.165, 1.54) is 0 Å². The molecule has 3 N–H and O–H groups in total. The molecule has 2 amide bonds. The lowest BCUT2D eigenvalue weighted by Gasteiger charge is -2.31. The summed E-state index contributed by atoms with van der Waals surface area (Å²) in [5.74, 6) is -0.442. The fraction of sp³-hybridized carbons (Fsp3) is 0.185. The number of anilines is 1. The van der Waals surface area contributed by atoms with Gasteiger partial charge in [0.05, 0.1) is 25.2 Å². The first-order valence-electron chi connectivity index (χ1n) is 10.9. The summed E-state index contributed by atoms with van der Waals surface area (Å²) in [4.78, 5) is 24.9. The van der Waals surface area contributed by atoms with Crippen molar-refractivity contribution in [2.24, 2.45) is 0 Å². The topological polar surface area (TPSA) is 87.7 Å². The Morgan fingerprint density at radius 2 is 1.45 bits per heavy atom. The Kier molecular flexibility index (Phi) is 7.29. The van der Waals surface area contributed by atoms with Gasteiger partial charge in [-0.25, -0.2) is 0 Å². The lowest BCUT2D eigenvalue weighted by molar-refractivity contribution is -0.120. The number of nitrogens with one attached hydrogen (secondary N) is 2. The van der Waals surface area contributed by atoms with E-state index >= 15 is 0 Å². The van der Waals surface area contributed by atoms with Crippen LogP contribution in [-0.4, -0.2) is 41.8 Å². The van der Waals surface area contributed by atoms with E-state index in [1.807, 2.05) is 60.7 Å². The smallest absolute Gasteiger partial charge is 0.251 e. The fourth-order valence-corrected chi connectivity index (χ4v) is 3.73. The molecule has 0 bridgehead atoms. The van der Waals surface area contributed by atoms with E-state index in [-0.39, 0.29) is 24.8 Å². The Bertz CT molecular complexity index is 1100. The predicted molar refractivity (Wildman–Crippen MR) is 128 cm³/mol. The van der Waals surface area contributed by atoms with Crippen molar-refractivity contribution < 1.29 is 19.4 Å². The molecule has 168 valence electrons. The minimum atomic E-state index is -0.634. The van der Waals surface area contributed by atoms with E-state index in [1.54, 1.807) is 36.4 Å². The van der Waals surface area contributed by atoms with Crippen LogP contribution in [0.3, 0.4) is 0 Å². The molecule has 3 aromatic carbocycles. The number of carbonyl (C=O) groups excluding carboxylic acids is 2. The van der Waals surface area contributed by atoms with E-state index < -0.39 is 18.2 Å². The molecule has 0 saturated carbocycles. The van der Waals surface area contributed by atoms with E-state index in [9.17, 15) is 14.7 Å². The monoisotopic (exact) mass is 442 g/mol. The predicted octanol–water partition coefficient (Wildman–Crippen LogP) is 3.80. The van der Waals surface area contributed by atoms with Crippen LogP contribution in [0, 0.1) is 0 Å². The standard InChI is InChI=1S/C27H26N2O4/c30-18-25-24(29-27(32)21-9-5-2-6-10-21)16-15-23(33-25)17-26(31)28-22-13-11-20(12-14-22)19-7-3-1-4-8-19/h1-16,23-25,30H,17-18H2,(H,28,31)(H,29,32)/t23-,24-,25+/m0/s1. The third kappa shape index (κ3) is 5.94. The molecule has 3 atom stereocenters. The largest absolute Gasteiger partial charge is 0.394 e. The summed E-state index contributed by atoms with van der Waals surface area (Å²) in [6.45, 7) is -0.275. The molecule has 6 heteroatoms. The normalized spacial score (nSPS) is 19.6. The fourth-order valence-electron chi connectivity index (χ4n) is 3.73. The van der Waals surface area contributed by atoms with E-state index in [2.05, 4.69) is 10.6 Å². The molecule has 1 aliphatic rings. The Morgan fingerprint density at radius 3 is 2.12 bits per heavy atom. The van der Waals surface area contributed by atoms with Crippen LogP contribution in [0.1, 0.15) is 16.8 Å². The van der Waals surface area contributed by atoms with Gasteiger partial charge in [0.1, 0.15) is 6.10 Å². The molecule has 0 fully saturated rings. The summed E-state index contributed by atoms with van der Waals surface area (Å²) in [6, 6.07) is 26.0. The van der Waals surface area contributed by atoms with Crippen LogP contribution in [0.5, 0.6) is 0 Å². The summed E-state index contributed by atoms with van der Waals surface area (Å²) in [6.07, 6.45) is 2.51. The highest BCUT2D eigenvalue weighted by Crippen LogP contribution is 2.22. The quantitative estimate of drug-likeness (QED) is 0.486. The molecular formula is C27H26N2O4. The van der Waals surface area contributed by atoms with Gasteiger partial charge in [-0.05, 0) is 35.4 Å². The molecular weight excluding hydrogens is 416 g/mol. The molecule has 0 aliphatic carbocycles. The van der Waals surface area contributed by atoms with Gasteiger partial charge in [-0.15, -0.1) is 0 Å². The Morgan fingerprint density at radius 1 is 0.818 bits per heavy atom. The Hall–Kier alpha value is -3.74. The van der Waals surface area contributed by atoms with Crippen LogP contribution in [0.15, 0.2) is 97.1 Å². The van der Waals surface area contributed by atoms with Crippen molar-refractivity contribution in [1.29, 1.82) is 0 Å². The third-order valence-corrected chi connectivity index (χ3v) is 5.46. The van der Waals surface area contributed by atoms with E-state index in [4.69, 9.17) is 4.74 Å². The second-order valence-electron chi connectivity index (χ2n) is 7.84. The average Bonchev–Trinajstić information content (AvgIpc) is 2.86. The van der Waals surface area contributed by atoms with E-state index in [0.29, 0.717) is 11.3 Å². The molecule has 0 spiro atoms. The second kappa shape index (κ2) is 10.7. The van der Waals surface area contributed by atoms with Crippen molar-refractivity contribution in [3.05, 3.63) is 103 Å². The molecule has 33 heavy (non-hydrogen) atoms. The molecule has 0 aromatic heterocycles. The third-order valence-electron chi connectivity index (χ3n) is 5.46. The molecule has 1 heterocycles. The summed E-state index contributed by atoms with van der Waals surface area (Å²) in [7, 11) is 0. The maximum atomic E-state index is 12.5. The molecule has 0 unspecified atom stereocenters. The zero-order chi connectivity index (χ0) is 23.0. The molecule has 3 aromatic rings. The number of benzene rings is 3. The SMILES string of the molecule is O=C(C[C@@H]1C=C[C@H](NC(=O)c2ccccc2)[C@@H](CO)O1)Nc1ccc(-c2ccccc2)cc1. The summed E-state index contributed by atoms with van der Waals surface area (Å²) in [5.41, 5.74) is 3.41. The van der Waals surface area contributed by atoms with Crippen molar-refractivity contribution in [2.75, 3.05) is 11.9 Å². The highest BCUT2D eigenvalue weighted by molar-refractivity contribution is 5.94. The Balaban J connectivity index is 1.32. The summed E-state index contributed by atoms with van der Waals surface area (Å²) in [5, 5.41) is 15.5. The van der Waals surface area contributed by atoms with Gasteiger partial charge in [0, 0.05) is 11.3 Å². The molecule has 0 radical (unpaired) electrons. The number of aliphatic hydroxyl groups is 1. The van der Waals surface area contributed by atoms with Crippen molar-refractivity contribution in [2.45, 2.75) is 24.7 Å². The molecule has 4 rings (SSSR count). The van der Waals surface area contributed by atoms with Crippen LogP contribution in [-0.2, 0) is 9.53 Å². The Labute approximate surface area is 192 Å². The summed E-state index contributed by atoms with van der Waals surface area (Å²) < 4.78 is 5.86. The van der Waals surface area contributed by atoms with Crippen LogP contribution in [0.25, 0.3) is 11.1 Å². The van der Waals surface area contributed by atoms with Gasteiger partial charge >= 0.3 is 0 Å². The lowest BCUT2D eigenvalue weighted by atomic mass is 10.0. The van der Waals surface area contributed by atoms with Crippen LogP contribution in [0.4, 0.5) is 5.69 Å². The maximum absolute atomic E-state index is 12.5. The number of rotatable bonds is 7. The molecule has 0 saturated heterocycles. The lowest BCUT2D eigenvalue weighted by Crippen LogP contribution is -2.48. The maximum Gasteiger partial charge on any atom is 0.251 e. The zero-order valence-electron chi connectivity index (χ0n) is 18.1. The first-order chi connectivity index (χ1) is 16.1. The van der Waals surface area contributed by atoms with Crippen molar-refractivity contribution >= 4 is 17.5 Å². The van der Waals surface area contributed by atoms with Crippen LogP contribution >= 0.6 is 0 Å². The number of aliphatic hydroxyl groups excluding tert-OH is 1. The molecule has 1 aliphatic heterocycles. The minimum Gasteiger partial charge on any atom is -0.394 e. The van der Waals surface area contributed by atoms with Gasteiger partial charge in [0.15, 0.2) is 0 Å². The summed E-state index contributed by atoms with van der Waals surface area (Å²) >= 11 is 0. The van der Waals surface area contributed by atoms with E-state index in [0.717, 1.165) is 11.1 Å². The van der Waals surface area contributed by atoms with Crippen molar-refractivity contribution in [3.63, 3.8) is 0 Å². The highest BCUT2D eigenvalue weighted by atomic mass is 16.5. The van der Waals surface area contributed by atoms with Crippen LogP contribution in [0.2, 0.25) is 0 Å². The van der Waals surface area contributed by atoms with Gasteiger partial charge in [-0.2, -0.15) is 0 Å². The number of carbonyl (C=O) groups is 2. The van der Waals surface area contributed by atoms with Crippen molar-refractivity contribution in [3.8, 4) is 11.1 Å². The number of ether oxygens (including phenoxy) is 1. The van der Waals surface area contributed by atoms with Crippen molar-refractivity contribution in [1.82, 2.24) is 5.32 Å². The molecule has 6 nitrogen and oxygen atoms in total. The number of amides is 2. The highest BCUT2D eigenvalue weighted by Gasteiger charge is 2.29. The van der Waals surface area contributed by atoms with Gasteiger partial charge in [-0.3, -0.25) is 9.59 Å². The van der Waals surface area contributed by atoms with Gasteiger partial charge in [0.2, 0.25) is 5.91 Å². The minimum absolute atomic E-state index is 0.104. The first-order valence-corrected chi connectivity index (χ1v) is 10.9. The number of hydrogen-bond donors (Lipinski definition) is 3. The average molecular weight is 443 g/mol. The number of hydrogen-bond acceptors (Lipinski definition) is 4. The first kappa shape index (κ1) is 22.5. The van der Waals surface area contributed by atoms with Crippen LogP contribution < -0.4 is 10.6 Å².